The van der Waals surface area contributed by atoms with E-state index in [1.807, 2.05) is 0 Å². The van der Waals surface area contributed by atoms with Crippen LogP contribution in [-0.2, 0) is 14.3 Å². The molecule has 2 atom stereocenters. The van der Waals surface area contributed by atoms with Crippen LogP contribution >= 0.6 is 0 Å². The summed E-state index contributed by atoms with van der Waals surface area (Å²) in [4.78, 5) is 25.9. The van der Waals surface area contributed by atoms with Crippen molar-refractivity contribution in [2.45, 2.75) is 44.9 Å². The lowest BCUT2D eigenvalue weighted by Crippen LogP contribution is -2.45. The highest BCUT2D eigenvalue weighted by Crippen LogP contribution is 2.42. The third-order valence-corrected chi connectivity index (χ3v) is 5.73. The fourth-order valence-electron chi connectivity index (χ4n) is 4.27. The number of hydrogen-bond acceptors (Lipinski definition) is 3. The molecule has 0 spiro atoms. The standard InChI is InChI=1S/C16H25NO4/c18-14(6-5-12-3-1-2-4-12)17-9-13-10-21-8-7-16(13,11-17)15(19)20/h12-13H,1-11H2,(H,19,20)/t13-,16+/m0/s1. The van der Waals surface area contributed by atoms with E-state index in [1.165, 1.54) is 25.7 Å². The van der Waals surface area contributed by atoms with Gasteiger partial charge < -0.3 is 14.7 Å². The summed E-state index contributed by atoms with van der Waals surface area (Å²) < 4.78 is 5.43. The predicted octanol–water partition coefficient (Wildman–Crippen LogP) is 1.91. The molecule has 3 fully saturated rings. The number of hydrogen-bond donors (Lipinski definition) is 1. The summed E-state index contributed by atoms with van der Waals surface area (Å²) in [6.07, 6.45) is 7.17. The van der Waals surface area contributed by atoms with Gasteiger partial charge in [-0.15, -0.1) is 0 Å². The van der Waals surface area contributed by atoms with Gasteiger partial charge in [0.25, 0.3) is 0 Å². The van der Waals surface area contributed by atoms with Crippen LogP contribution in [0.5, 0.6) is 0 Å². The number of amides is 1. The minimum absolute atomic E-state index is 0.0424. The third-order valence-electron chi connectivity index (χ3n) is 5.73. The van der Waals surface area contributed by atoms with Crippen molar-refractivity contribution in [2.75, 3.05) is 26.3 Å². The van der Waals surface area contributed by atoms with Crippen molar-refractivity contribution in [3.63, 3.8) is 0 Å². The molecule has 0 unspecified atom stereocenters. The molecule has 21 heavy (non-hydrogen) atoms. The van der Waals surface area contributed by atoms with Crippen molar-refractivity contribution in [3.05, 3.63) is 0 Å². The van der Waals surface area contributed by atoms with Gasteiger partial charge in [0, 0.05) is 32.0 Å². The summed E-state index contributed by atoms with van der Waals surface area (Å²) >= 11 is 0. The van der Waals surface area contributed by atoms with Crippen molar-refractivity contribution < 1.29 is 19.4 Å². The van der Waals surface area contributed by atoms with E-state index < -0.39 is 11.4 Å². The monoisotopic (exact) mass is 295 g/mol. The fourth-order valence-corrected chi connectivity index (χ4v) is 4.27. The van der Waals surface area contributed by atoms with E-state index in [2.05, 4.69) is 0 Å². The molecule has 1 aliphatic carbocycles. The molecular weight excluding hydrogens is 270 g/mol. The molecule has 2 saturated heterocycles. The molecule has 0 aromatic carbocycles. The Labute approximate surface area is 125 Å². The molecule has 0 radical (unpaired) electrons. The smallest absolute Gasteiger partial charge is 0.311 e. The first-order valence-corrected chi connectivity index (χ1v) is 8.21. The number of nitrogens with zero attached hydrogens (tertiary/aromatic N) is 1. The summed E-state index contributed by atoms with van der Waals surface area (Å²) in [7, 11) is 0. The molecule has 2 heterocycles. The van der Waals surface area contributed by atoms with Gasteiger partial charge in [-0.25, -0.2) is 0 Å². The molecule has 0 bridgehead atoms. The van der Waals surface area contributed by atoms with Crippen molar-refractivity contribution in [3.8, 4) is 0 Å². The van der Waals surface area contributed by atoms with E-state index in [1.54, 1.807) is 4.90 Å². The van der Waals surface area contributed by atoms with Crippen LogP contribution in [0.1, 0.15) is 44.9 Å². The highest BCUT2D eigenvalue weighted by atomic mass is 16.5. The lowest BCUT2D eigenvalue weighted by atomic mass is 9.74. The number of carboxylic acid groups (broad SMARTS) is 1. The van der Waals surface area contributed by atoms with E-state index in [4.69, 9.17) is 4.74 Å². The first-order valence-electron chi connectivity index (χ1n) is 8.21. The number of ether oxygens (including phenoxy) is 1. The highest BCUT2D eigenvalue weighted by molar-refractivity contribution is 5.81. The first kappa shape index (κ1) is 14.8. The SMILES string of the molecule is O=C(CCC1CCCC1)N1C[C@H]2COCC[C@@]2(C(=O)O)C1. The van der Waals surface area contributed by atoms with Crippen molar-refractivity contribution in [2.24, 2.45) is 17.3 Å². The maximum absolute atomic E-state index is 12.4. The Balaban J connectivity index is 1.59. The van der Waals surface area contributed by atoms with Gasteiger partial charge in [0.1, 0.15) is 0 Å². The highest BCUT2D eigenvalue weighted by Gasteiger charge is 2.54. The zero-order chi connectivity index (χ0) is 14.9. The number of likely N-dealkylation sites (tertiary alicyclic amines) is 1. The van der Waals surface area contributed by atoms with Crippen LogP contribution in [0.4, 0.5) is 0 Å². The molecule has 0 aromatic rings. The normalized spacial score (nSPS) is 33.1. The fraction of sp³-hybridized carbons (Fsp3) is 0.875. The Morgan fingerprint density at radius 3 is 2.71 bits per heavy atom. The summed E-state index contributed by atoms with van der Waals surface area (Å²) in [6, 6.07) is 0. The number of carbonyl (C=O) groups excluding carboxylic acids is 1. The number of carbonyl (C=O) groups is 2. The van der Waals surface area contributed by atoms with Gasteiger partial charge in [-0.3, -0.25) is 9.59 Å². The van der Waals surface area contributed by atoms with Crippen LogP contribution in [0.3, 0.4) is 0 Å². The van der Waals surface area contributed by atoms with E-state index in [0.717, 1.165) is 6.42 Å². The quantitative estimate of drug-likeness (QED) is 0.860. The van der Waals surface area contributed by atoms with Gasteiger partial charge in [0.05, 0.1) is 12.0 Å². The second-order valence-corrected chi connectivity index (χ2v) is 6.95. The largest absolute Gasteiger partial charge is 0.481 e. The van der Waals surface area contributed by atoms with E-state index in [0.29, 0.717) is 45.1 Å². The molecule has 1 saturated carbocycles. The summed E-state index contributed by atoms with van der Waals surface area (Å²) in [5.41, 5.74) is -0.763. The number of fused-ring (bicyclic) bond motifs is 1. The summed E-state index contributed by atoms with van der Waals surface area (Å²) in [5, 5.41) is 9.61. The second-order valence-electron chi connectivity index (χ2n) is 6.95. The van der Waals surface area contributed by atoms with E-state index >= 15 is 0 Å². The average molecular weight is 295 g/mol. The zero-order valence-corrected chi connectivity index (χ0v) is 12.6. The Morgan fingerprint density at radius 2 is 2.05 bits per heavy atom. The van der Waals surface area contributed by atoms with Crippen molar-refractivity contribution in [1.29, 1.82) is 0 Å². The molecule has 5 nitrogen and oxygen atoms in total. The van der Waals surface area contributed by atoms with Gasteiger partial charge in [0.15, 0.2) is 0 Å². The Bertz CT molecular complexity index is 419. The van der Waals surface area contributed by atoms with E-state index in [-0.39, 0.29) is 11.8 Å². The topological polar surface area (TPSA) is 66.8 Å². The van der Waals surface area contributed by atoms with Crippen LogP contribution in [0, 0.1) is 17.3 Å². The number of aliphatic carboxylic acids is 1. The van der Waals surface area contributed by atoms with Crippen LogP contribution in [0.25, 0.3) is 0 Å². The molecule has 0 aromatic heterocycles. The average Bonchev–Trinajstić information content (AvgIpc) is 3.12. The van der Waals surface area contributed by atoms with Crippen molar-refractivity contribution in [1.82, 2.24) is 4.90 Å². The molecule has 3 aliphatic rings. The molecular formula is C16H25NO4. The van der Waals surface area contributed by atoms with Crippen molar-refractivity contribution >= 4 is 11.9 Å². The van der Waals surface area contributed by atoms with Gasteiger partial charge in [-0.1, -0.05) is 25.7 Å². The Kier molecular flexibility index (Phi) is 4.20. The molecule has 1 N–H and O–H groups in total. The summed E-state index contributed by atoms with van der Waals surface area (Å²) in [5.74, 6) is 0.0357. The molecule has 1 amide bonds. The van der Waals surface area contributed by atoms with Crippen LogP contribution in [0.2, 0.25) is 0 Å². The minimum atomic E-state index is -0.763. The number of carboxylic acids is 1. The number of rotatable bonds is 4. The maximum atomic E-state index is 12.4. The maximum Gasteiger partial charge on any atom is 0.311 e. The van der Waals surface area contributed by atoms with Crippen LogP contribution < -0.4 is 0 Å². The van der Waals surface area contributed by atoms with Gasteiger partial charge in [-0.2, -0.15) is 0 Å². The van der Waals surface area contributed by atoms with Gasteiger partial charge in [0.2, 0.25) is 5.91 Å². The summed E-state index contributed by atoms with van der Waals surface area (Å²) in [6.45, 7) is 1.89. The predicted molar refractivity (Wildman–Crippen MR) is 76.8 cm³/mol. The Hall–Kier alpha value is -1.10. The van der Waals surface area contributed by atoms with Crippen LogP contribution in [0.15, 0.2) is 0 Å². The van der Waals surface area contributed by atoms with E-state index in [9.17, 15) is 14.7 Å². The second kappa shape index (κ2) is 5.95. The van der Waals surface area contributed by atoms with Crippen LogP contribution in [-0.4, -0.2) is 48.2 Å². The molecule has 118 valence electrons. The first-order chi connectivity index (χ1) is 10.1. The Morgan fingerprint density at radius 1 is 1.29 bits per heavy atom. The molecule has 3 rings (SSSR count). The zero-order valence-electron chi connectivity index (χ0n) is 12.6. The lowest BCUT2D eigenvalue weighted by molar-refractivity contribution is -0.157. The molecule has 5 heteroatoms. The van der Waals surface area contributed by atoms with Gasteiger partial charge in [-0.05, 0) is 18.8 Å². The lowest BCUT2D eigenvalue weighted by Gasteiger charge is -2.33. The third kappa shape index (κ3) is 2.80. The molecule has 2 aliphatic heterocycles. The van der Waals surface area contributed by atoms with Gasteiger partial charge >= 0.3 is 5.97 Å². The minimum Gasteiger partial charge on any atom is -0.481 e.